The minimum Gasteiger partial charge on any atom is -0.494 e. The van der Waals surface area contributed by atoms with E-state index in [1.54, 1.807) is 0 Å². The monoisotopic (exact) mass is 308 g/mol. The van der Waals surface area contributed by atoms with Crippen LogP contribution in [0.1, 0.15) is 10.4 Å². The molecule has 1 aromatic rings. The largest absolute Gasteiger partial charge is 0.494 e. The summed E-state index contributed by atoms with van der Waals surface area (Å²) >= 11 is 0. The van der Waals surface area contributed by atoms with E-state index in [-0.39, 0.29) is 0 Å². The fourth-order valence-electron chi connectivity index (χ4n) is 1.34. The van der Waals surface area contributed by atoms with Gasteiger partial charge in [0.15, 0.2) is 5.69 Å². The maximum absolute atomic E-state index is 12.2. The van der Waals surface area contributed by atoms with Gasteiger partial charge in [-0.05, 0) is 6.07 Å². The number of carboxylic acid groups (broad SMARTS) is 1. The first-order chi connectivity index (χ1) is 9.57. The number of carbonyl (C=O) groups is 2. The van der Waals surface area contributed by atoms with E-state index in [4.69, 9.17) is 5.11 Å². The standard InChI is InChI=1S/C10H7F3N2O6/c1-21-6-3-4(8(16)17)2-5(15(19)20)7(6)14-9(18)10(11,12)13/h2-3H,1H3,(H,14,18)(H,16,17). The fourth-order valence-corrected chi connectivity index (χ4v) is 1.34. The predicted octanol–water partition coefficient (Wildman–Crippen LogP) is 1.80. The Labute approximate surface area is 114 Å². The molecule has 0 unspecified atom stereocenters. The summed E-state index contributed by atoms with van der Waals surface area (Å²) in [6.07, 6.45) is -5.27. The van der Waals surface area contributed by atoms with Gasteiger partial charge in [-0.15, -0.1) is 0 Å². The van der Waals surface area contributed by atoms with Gasteiger partial charge < -0.3 is 15.2 Å². The fraction of sp³-hybridized carbons (Fsp3) is 0.200. The van der Waals surface area contributed by atoms with E-state index in [0.29, 0.717) is 6.07 Å². The molecule has 0 saturated carbocycles. The number of hydrogen-bond acceptors (Lipinski definition) is 5. The Morgan fingerprint density at radius 2 is 1.95 bits per heavy atom. The van der Waals surface area contributed by atoms with E-state index in [1.807, 2.05) is 0 Å². The molecule has 1 amide bonds. The average Bonchev–Trinajstić information content (AvgIpc) is 2.36. The zero-order valence-electron chi connectivity index (χ0n) is 10.2. The number of aromatic carboxylic acids is 1. The SMILES string of the molecule is COc1cc(C(=O)O)cc([N+](=O)[O-])c1NC(=O)C(F)(F)F. The Morgan fingerprint density at radius 1 is 1.38 bits per heavy atom. The minimum absolute atomic E-state index is 0.511. The number of carboxylic acids is 1. The molecule has 0 spiro atoms. The molecule has 1 rings (SSSR count). The highest BCUT2D eigenvalue weighted by atomic mass is 19.4. The number of amides is 1. The molecule has 0 aliphatic heterocycles. The third kappa shape index (κ3) is 3.58. The molecule has 0 radical (unpaired) electrons. The van der Waals surface area contributed by atoms with E-state index in [1.165, 1.54) is 5.32 Å². The predicted molar refractivity (Wildman–Crippen MR) is 61.3 cm³/mol. The van der Waals surface area contributed by atoms with E-state index in [9.17, 15) is 32.9 Å². The summed E-state index contributed by atoms with van der Waals surface area (Å²) in [5.41, 5.74) is -2.50. The summed E-state index contributed by atoms with van der Waals surface area (Å²) in [6.45, 7) is 0. The first-order valence-corrected chi connectivity index (χ1v) is 5.05. The van der Waals surface area contributed by atoms with Crippen LogP contribution in [-0.4, -0.2) is 35.2 Å². The second-order valence-electron chi connectivity index (χ2n) is 3.59. The molecule has 1 aromatic carbocycles. The van der Waals surface area contributed by atoms with Gasteiger partial charge in [-0.2, -0.15) is 13.2 Å². The summed E-state index contributed by atoms with van der Waals surface area (Å²) in [7, 11) is 0.952. The number of anilines is 1. The smallest absolute Gasteiger partial charge is 0.471 e. The van der Waals surface area contributed by atoms with Gasteiger partial charge in [-0.1, -0.05) is 0 Å². The van der Waals surface area contributed by atoms with E-state index in [2.05, 4.69) is 4.74 Å². The maximum atomic E-state index is 12.2. The van der Waals surface area contributed by atoms with Crippen molar-refractivity contribution in [2.75, 3.05) is 12.4 Å². The quantitative estimate of drug-likeness (QED) is 0.646. The summed E-state index contributed by atoms with van der Waals surface area (Å²) in [5.74, 6) is -4.59. The van der Waals surface area contributed by atoms with Crippen LogP contribution in [0.4, 0.5) is 24.5 Å². The molecule has 114 valence electrons. The molecule has 21 heavy (non-hydrogen) atoms. The highest BCUT2D eigenvalue weighted by Crippen LogP contribution is 2.36. The Hall–Kier alpha value is -2.85. The van der Waals surface area contributed by atoms with Crippen LogP contribution in [0.3, 0.4) is 0 Å². The summed E-state index contributed by atoms with van der Waals surface area (Å²) in [4.78, 5) is 31.3. The van der Waals surface area contributed by atoms with Gasteiger partial charge >= 0.3 is 18.1 Å². The molecule has 0 heterocycles. The lowest BCUT2D eigenvalue weighted by molar-refractivity contribution is -0.384. The van der Waals surface area contributed by atoms with Crippen molar-refractivity contribution in [3.05, 3.63) is 27.8 Å². The Kier molecular flexibility index (Phi) is 4.36. The molecule has 0 aliphatic rings. The molecule has 11 heteroatoms. The van der Waals surface area contributed by atoms with Crippen LogP contribution in [0.2, 0.25) is 0 Å². The first-order valence-electron chi connectivity index (χ1n) is 5.05. The van der Waals surface area contributed by atoms with Gasteiger partial charge in [-0.25, -0.2) is 4.79 Å². The number of nitro groups is 1. The van der Waals surface area contributed by atoms with Crippen LogP contribution >= 0.6 is 0 Å². The number of benzene rings is 1. The molecule has 0 bridgehead atoms. The Morgan fingerprint density at radius 3 is 2.33 bits per heavy atom. The molecule has 0 atom stereocenters. The van der Waals surface area contributed by atoms with Crippen molar-refractivity contribution in [2.24, 2.45) is 0 Å². The van der Waals surface area contributed by atoms with Crippen LogP contribution < -0.4 is 10.1 Å². The van der Waals surface area contributed by atoms with Gasteiger partial charge in [0.05, 0.1) is 17.6 Å². The molecule has 8 nitrogen and oxygen atoms in total. The highest BCUT2D eigenvalue weighted by molar-refractivity contribution is 6.00. The second kappa shape index (κ2) is 5.64. The first kappa shape index (κ1) is 16.2. The number of carbonyl (C=O) groups excluding carboxylic acids is 1. The van der Waals surface area contributed by atoms with Crippen molar-refractivity contribution < 1.29 is 37.5 Å². The molecule has 0 aliphatic carbocycles. The number of nitrogens with zero attached hydrogens (tertiary/aromatic N) is 1. The van der Waals surface area contributed by atoms with Gasteiger partial charge in [0.25, 0.3) is 5.69 Å². The molecule has 0 aromatic heterocycles. The van der Waals surface area contributed by atoms with Gasteiger partial charge in [0.1, 0.15) is 5.75 Å². The Bertz CT molecular complexity index is 614. The lowest BCUT2D eigenvalue weighted by Crippen LogP contribution is -2.30. The number of rotatable bonds is 4. The van der Waals surface area contributed by atoms with Crippen LogP contribution in [-0.2, 0) is 4.79 Å². The molecule has 0 fully saturated rings. The molecular weight excluding hydrogens is 301 g/mol. The lowest BCUT2D eigenvalue weighted by atomic mass is 10.1. The van der Waals surface area contributed by atoms with Crippen molar-refractivity contribution in [3.63, 3.8) is 0 Å². The van der Waals surface area contributed by atoms with E-state index in [0.717, 1.165) is 13.2 Å². The van der Waals surface area contributed by atoms with Gasteiger partial charge in [0, 0.05) is 6.07 Å². The van der Waals surface area contributed by atoms with Crippen molar-refractivity contribution in [2.45, 2.75) is 6.18 Å². The van der Waals surface area contributed by atoms with Gasteiger partial charge in [0.2, 0.25) is 0 Å². The van der Waals surface area contributed by atoms with E-state index < -0.39 is 45.7 Å². The summed E-state index contributed by atoms with van der Waals surface area (Å²) in [6, 6.07) is 1.26. The number of ether oxygens (including phenoxy) is 1. The number of alkyl halides is 3. The number of nitro benzene ring substituents is 1. The number of methoxy groups -OCH3 is 1. The number of nitrogens with one attached hydrogen (secondary N) is 1. The summed E-state index contributed by atoms with van der Waals surface area (Å²) < 4.78 is 41.2. The van der Waals surface area contributed by atoms with Crippen molar-refractivity contribution in [1.29, 1.82) is 0 Å². The van der Waals surface area contributed by atoms with Crippen LogP contribution in [0.15, 0.2) is 12.1 Å². The van der Waals surface area contributed by atoms with Crippen LogP contribution in [0.25, 0.3) is 0 Å². The van der Waals surface area contributed by atoms with Crippen molar-refractivity contribution in [3.8, 4) is 5.75 Å². The second-order valence-corrected chi connectivity index (χ2v) is 3.59. The normalized spacial score (nSPS) is 10.9. The third-order valence-corrected chi connectivity index (χ3v) is 2.24. The molecule has 2 N–H and O–H groups in total. The summed E-state index contributed by atoms with van der Waals surface area (Å²) in [5, 5.41) is 20.9. The van der Waals surface area contributed by atoms with Crippen LogP contribution in [0, 0.1) is 10.1 Å². The zero-order valence-corrected chi connectivity index (χ0v) is 10.2. The number of halogens is 3. The topological polar surface area (TPSA) is 119 Å². The maximum Gasteiger partial charge on any atom is 0.471 e. The molecule has 0 saturated heterocycles. The average molecular weight is 308 g/mol. The third-order valence-electron chi connectivity index (χ3n) is 2.24. The zero-order chi connectivity index (χ0) is 16.4. The Balaban J connectivity index is 3.45. The molecular formula is C10H7F3N2O6. The highest BCUT2D eigenvalue weighted by Gasteiger charge is 2.40. The van der Waals surface area contributed by atoms with Crippen LogP contribution in [0.5, 0.6) is 5.75 Å². The van der Waals surface area contributed by atoms with Crippen molar-refractivity contribution >= 4 is 23.3 Å². The van der Waals surface area contributed by atoms with Crippen molar-refractivity contribution in [1.82, 2.24) is 0 Å². The van der Waals surface area contributed by atoms with E-state index >= 15 is 0 Å². The van der Waals surface area contributed by atoms with Gasteiger partial charge in [-0.3, -0.25) is 14.9 Å². The lowest BCUT2D eigenvalue weighted by Gasteiger charge is -2.12. The number of hydrogen-bond donors (Lipinski definition) is 2. The minimum atomic E-state index is -5.27.